The summed E-state index contributed by atoms with van der Waals surface area (Å²) in [5.41, 5.74) is 1.27. The molecule has 0 saturated carbocycles. The molecule has 96 valence electrons. The van der Waals surface area contributed by atoms with E-state index in [0.717, 1.165) is 18.1 Å². The van der Waals surface area contributed by atoms with Crippen LogP contribution in [0.5, 0.6) is 5.75 Å². The fourth-order valence-corrected chi connectivity index (χ4v) is 2.78. The summed E-state index contributed by atoms with van der Waals surface area (Å²) in [4.78, 5) is 0. The Morgan fingerprint density at radius 1 is 1.18 bits per heavy atom. The molecule has 1 unspecified atom stereocenters. The summed E-state index contributed by atoms with van der Waals surface area (Å²) in [6.45, 7) is 4.50. The lowest BCUT2D eigenvalue weighted by Gasteiger charge is -2.16. The van der Waals surface area contributed by atoms with Crippen LogP contribution < -0.4 is 5.32 Å². The van der Waals surface area contributed by atoms with Gasteiger partial charge in [0.15, 0.2) is 0 Å². The van der Waals surface area contributed by atoms with Crippen LogP contribution in [0.3, 0.4) is 0 Å². The molecule has 1 aromatic carbocycles. The molecular weight excluding hydrogens is 230 g/mol. The molecular formula is C14H23NOS. The van der Waals surface area contributed by atoms with Crippen molar-refractivity contribution >= 4 is 11.8 Å². The van der Waals surface area contributed by atoms with Crippen LogP contribution >= 0.6 is 11.8 Å². The van der Waals surface area contributed by atoms with Gasteiger partial charge >= 0.3 is 0 Å². The van der Waals surface area contributed by atoms with E-state index in [0.29, 0.717) is 11.8 Å². The standard InChI is InChI=1S/C14H23NOS/c1-11(2)9-17-10-13(15-3)8-12-4-6-14(16)7-5-12/h4-7,11,13,15-16H,8-10H2,1-3H3. The molecule has 0 bridgehead atoms. The smallest absolute Gasteiger partial charge is 0.115 e. The first kappa shape index (κ1) is 14.4. The van der Waals surface area contributed by atoms with Crippen LogP contribution in [0.4, 0.5) is 0 Å². The Kier molecular flexibility index (Phi) is 6.45. The Morgan fingerprint density at radius 3 is 2.35 bits per heavy atom. The number of benzene rings is 1. The molecule has 0 aromatic heterocycles. The van der Waals surface area contributed by atoms with E-state index in [1.165, 1.54) is 11.3 Å². The lowest BCUT2D eigenvalue weighted by Crippen LogP contribution is -2.30. The summed E-state index contributed by atoms with van der Waals surface area (Å²) in [5.74, 6) is 3.44. The van der Waals surface area contributed by atoms with Gasteiger partial charge < -0.3 is 10.4 Å². The minimum atomic E-state index is 0.337. The Bertz CT molecular complexity index is 311. The van der Waals surface area contributed by atoms with Crippen molar-refractivity contribution in [2.75, 3.05) is 18.6 Å². The summed E-state index contributed by atoms with van der Waals surface area (Å²) in [6.07, 6.45) is 1.02. The maximum Gasteiger partial charge on any atom is 0.115 e. The highest BCUT2D eigenvalue weighted by atomic mass is 32.2. The van der Waals surface area contributed by atoms with Crippen molar-refractivity contribution in [1.82, 2.24) is 5.32 Å². The van der Waals surface area contributed by atoms with Gasteiger partial charge in [-0.1, -0.05) is 26.0 Å². The van der Waals surface area contributed by atoms with E-state index in [9.17, 15) is 5.11 Å². The molecule has 0 fully saturated rings. The van der Waals surface area contributed by atoms with Crippen LogP contribution in [-0.4, -0.2) is 29.7 Å². The van der Waals surface area contributed by atoms with Crippen LogP contribution in [0.15, 0.2) is 24.3 Å². The summed E-state index contributed by atoms with van der Waals surface area (Å²) in [5, 5.41) is 12.6. The van der Waals surface area contributed by atoms with Crippen LogP contribution in [-0.2, 0) is 6.42 Å². The molecule has 0 spiro atoms. The Hall–Kier alpha value is -0.670. The van der Waals surface area contributed by atoms with Gasteiger partial charge in [0.1, 0.15) is 5.75 Å². The Balaban J connectivity index is 2.38. The van der Waals surface area contributed by atoms with Crippen LogP contribution in [0.1, 0.15) is 19.4 Å². The zero-order chi connectivity index (χ0) is 12.7. The van der Waals surface area contributed by atoms with Gasteiger partial charge in [0, 0.05) is 11.8 Å². The molecule has 1 rings (SSSR count). The van der Waals surface area contributed by atoms with Gasteiger partial charge in [-0.15, -0.1) is 0 Å². The summed E-state index contributed by atoms with van der Waals surface area (Å²) >= 11 is 2.00. The van der Waals surface area contributed by atoms with Crippen molar-refractivity contribution in [3.05, 3.63) is 29.8 Å². The molecule has 0 radical (unpaired) electrons. The largest absolute Gasteiger partial charge is 0.508 e. The maximum atomic E-state index is 9.23. The van der Waals surface area contributed by atoms with Gasteiger partial charge in [0.25, 0.3) is 0 Å². The van der Waals surface area contributed by atoms with E-state index in [1.54, 1.807) is 12.1 Å². The monoisotopic (exact) mass is 253 g/mol. The zero-order valence-corrected chi connectivity index (χ0v) is 11.8. The van der Waals surface area contributed by atoms with E-state index in [-0.39, 0.29) is 0 Å². The molecule has 0 aliphatic rings. The molecule has 3 heteroatoms. The zero-order valence-electron chi connectivity index (χ0n) is 10.9. The Labute approximate surface area is 109 Å². The third-order valence-corrected chi connectivity index (χ3v) is 4.14. The van der Waals surface area contributed by atoms with E-state index in [4.69, 9.17) is 0 Å². The van der Waals surface area contributed by atoms with E-state index < -0.39 is 0 Å². The number of rotatable bonds is 7. The highest BCUT2D eigenvalue weighted by molar-refractivity contribution is 7.99. The van der Waals surface area contributed by atoms with Crippen molar-refractivity contribution in [3.8, 4) is 5.75 Å². The van der Waals surface area contributed by atoms with Crippen LogP contribution in [0.2, 0.25) is 0 Å². The minimum Gasteiger partial charge on any atom is -0.508 e. The lowest BCUT2D eigenvalue weighted by molar-refractivity contribution is 0.475. The van der Waals surface area contributed by atoms with Gasteiger partial charge in [-0.2, -0.15) is 11.8 Å². The number of aromatic hydroxyl groups is 1. The van der Waals surface area contributed by atoms with Crippen molar-refractivity contribution in [1.29, 1.82) is 0 Å². The second kappa shape index (κ2) is 7.62. The van der Waals surface area contributed by atoms with Crippen molar-refractivity contribution < 1.29 is 5.11 Å². The summed E-state index contributed by atoms with van der Waals surface area (Å²) < 4.78 is 0. The Morgan fingerprint density at radius 2 is 1.82 bits per heavy atom. The summed E-state index contributed by atoms with van der Waals surface area (Å²) in [7, 11) is 2.01. The van der Waals surface area contributed by atoms with Crippen LogP contribution in [0.25, 0.3) is 0 Å². The average molecular weight is 253 g/mol. The fraction of sp³-hybridized carbons (Fsp3) is 0.571. The van der Waals surface area contributed by atoms with Gasteiger partial charge in [-0.05, 0) is 42.8 Å². The molecule has 0 aliphatic heterocycles. The number of hydrogen-bond acceptors (Lipinski definition) is 3. The third-order valence-electron chi connectivity index (χ3n) is 2.60. The van der Waals surface area contributed by atoms with Gasteiger partial charge in [0.2, 0.25) is 0 Å². The molecule has 0 saturated heterocycles. The first-order valence-corrected chi connectivity index (χ1v) is 7.30. The predicted molar refractivity (Wildman–Crippen MR) is 76.8 cm³/mol. The molecule has 17 heavy (non-hydrogen) atoms. The maximum absolute atomic E-state index is 9.23. The van der Waals surface area contributed by atoms with E-state index in [1.807, 2.05) is 30.9 Å². The first-order chi connectivity index (χ1) is 8.11. The summed E-state index contributed by atoms with van der Waals surface area (Å²) in [6, 6.07) is 8.00. The quantitative estimate of drug-likeness (QED) is 0.783. The molecule has 0 heterocycles. The second-order valence-electron chi connectivity index (χ2n) is 4.79. The SMILES string of the molecule is CNC(CSCC(C)C)Cc1ccc(O)cc1. The normalized spacial score (nSPS) is 12.9. The first-order valence-electron chi connectivity index (χ1n) is 6.14. The molecule has 0 amide bonds. The molecule has 2 nitrogen and oxygen atoms in total. The number of phenols is 1. The number of thioether (sulfide) groups is 1. The van der Waals surface area contributed by atoms with Crippen molar-refractivity contribution in [2.45, 2.75) is 26.3 Å². The van der Waals surface area contributed by atoms with Gasteiger partial charge in [-0.25, -0.2) is 0 Å². The molecule has 0 aliphatic carbocycles. The van der Waals surface area contributed by atoms with E-state index >= 15 is 0 Å². The molecule has 2 N–H and O–H groups in total. The lowest BCUT2D eigenvalue weighted by atomic mass is 10.1. The second-order valence-corrected chi connectivity index (χ2v) is 5.86. The number of likely N-dealkylation sites (N-methyl/N-ethyl adjacent to an activating group) is 1. The predicted octanol–water partition coefficient (Wildman–Crippen LogP) is 2.91. The van der Waals surface area contributed by atoms with Crippen molar-refractivity contribution in [3.63, 3.8) is 0 Å². The molecule has 1 atom stereocenters. The highest BCUT2D eigenvalue weighted by Gasteiger charge is 2.08. The third kappa shape index (κ3) is 5.99. The topological polar surface area (TPSA) is 32.3 Å². The van der Waals surface area contributed by atoms with Gasteiger partial charge in [0.05, 0.1) is 0 Å². The highest BCUT2D eigenvalue weighted by Crippen LogP contribution is 2.14. The van der Waals surface area contributed by atoms with Gasteiger partial charge in [-0.3, -0.25) is 0 Å². The fourth-order valence-electron chi connectivity index (χ4n) is 1.61. The minimum absolute atomic E-state index is 0.337. The van der Waals surface area contributed by atoms with Crippen LogP contribution in [0, 0.1) is 5.92 Å². The number of nitrogens with one attached hydrogen (secondary N) is 1. The molecule has 1 aromatic rings. The number of hydrogen-bond donors (Lipinski definition) is 2. The van der Waals surface area contributed by atoms with E-state index in [2.05, 4.69) is 19.2 Å². The number of phenolic OH excluding ortho intramolecular Hbond substituents is 1. The average Bonchev–Trinajstić information content (AvgIpc) is 2.30. The van der Waals surface area contributed by atoms with Crippen molar-refractivity contribution in [2.24, 2.45) is 5.92 Å².